The van der Waals surface area contributed by atoms with Crippen molar-refractivity contribution >= 4 is 32.6 Å². The molecule has 5 nitrogen and oxygen atoms in total. The Bertz CT molecular complexity index is 1310. The molecule has 2 aromatic heterocycles. The lowest BCUT2D eigenvalue weighted by molar-refractivity contribution is -0.137. The Kier molecular flexibility index (Phi) is 5.68. The molecule has 9 heteroatoms. The van der Waals surface area contributed by atoms with Crippen molar-refractivity contribution in [2.45, 2.75) is 26.9 Å². The molecular formula is C23H20F3N3O2S. The molecule has 0 spiro atoms. The van der Waals surface area contributed by atoms with Crippen molar-refractivity contribution in [1.82, 2.24) is 9.55 Å². The summed E-state index contributed by atoms with van der Waals surface area (Å²) in [5.74, 6) is 0.284. The lowest BCUT2D eigenvalue weighted by Crippen LogP contribution is -2.14. The fraction of sp³-hybridized carbons (Fsp3) is 0.217. The molecule has 1 N–H and O–H groups in total. The molecule has 1 amide bonds. The molecular weight excluding hydrogens is 439 g/mol. The summed E-state index contributed by atoms with van der Waals surface area (Å²) in [6.45, 7) is 5.73. The van der Waals surface area contributed by atoms with Crippen LogP contribution in [-0.4, -0.2) is 22.1 Å². The zero-order chi connectivity index (χ0) is 23.0. The van der Waals surface area contributed by atoms with Gasteiger partial charge in [0.1, 0.15) is 5.75 Å². The smallest absolute Gasteiger partial charge is 0.418 e. The van der Waals surface area contributed by atoms with Gasteiger partial charge in [-0.3, -0.25) is 10.1 Å². The van der Waals surface area contributed by atoms with Crippen LogP contribution in [0.25, 0.3) is 15.9 Å². The highest BCUT2D eigenvalue weighted by molar-refractivity contribution is 7.22. The van der Waals surface area contributed by atoms with E-state index < -0.39 is 17.6 Å². The second kappa shape index (κ2) is 8.31. The van der Waals surface area contributed by atoms with Crippen LogP contribution in [0.1, 0.15) is 34.2 Å². The minimum Gasteiger partial charge on any atom is -0.494 e. The normalized spacial score (nSPS) is 11.7. The number of nitrogens with zero attached hydrogens (tertiary/aromatic N) is 2. The van der Waals surface area contributed by atoms with Crippen LogP contribution in [0.5, 0.6) is 5.75 Å². The van der Waals surface area contributed by atoms with Crippen molar-refractivity contribution in [3.63, 3.8) is 0 Å². The molecule has 32 heavy (non-hydrogen) atoms. The number of carbonyl (C=O) groups excluding carboxylic acids is 1. The van der Waals surface area contributed by atoms with Gasteiger partial charge in [0.2, 0.25) is 0 Å². The highest BCUT2D eigenvalue weighted by Gasteiger charge is 2.34. The Balaban J connectivity index is 1.66. The summed E-state index contributed by atoms with van der Waals surface area (Å²) >= 11 is 1.30. The molecule has 0 saturated carbocycles. The van der Waals surface area contributed by atoms with Gasteiger partial charge in [-0.25, -0.2) is 4.98 Å². The molecule has 166 valence electrons. The number of ether oxygens (including phenoxy) is 1. The van der Waals surface area contributed by atoms with E-state index >= 15 is 0 Å². The summed E-state index contributed by atoms with van der Waals surface area (Å²) < 4.78 is 48.4. The van der Waals surface area contributed by atoms with E-state index in [4.69, 9.17) is 4.74 Å². The van der Waals surface area contributed by atoms with E-state index in [-0.39, 0.29) is 11.3 Å². The number of anilines is 1. The fourth-order valence-corrected chi connectivity index (χ4v) is 4.54. The first-order valence-corrected chi connectivity index (χ1v) is 10.7. The van der Waals surface area contributed by atoms with E-state index in [9.17, 15) is 18.0 Å². The molecule has 2 aromatic carbocycles. The average Bonchev–Trinajstić information content (AvgIpc) is 3.26. The minimum atomic E-state index is -4.51. The van der Waals surface area contributed by atoms with Gasteiger partial charge in [-0.15, -0.1) is 0 Å². The number of hydrogen-bond acceptors (Lipinski definition) is 4. The summed E-state index contributed by atoms with van der Waals surface area (Å²) in [5.41, 5.74) is 1.17. The summed E-state index contributed by atoms with van der Waals surface area (Å²) in [4.78, 5) is 17.4. The molecule has 0 bridgehead atoms. The Morgan fingerprint density at radius 3 is 2.62 bits per heavy atom. The van der Waals surface area contributed by atoms with Crippen molar-refractivity contribution in [1.29, 1.82) is 0 Å². The highest BCUT2D eigenvalue weighted by atomic mass is 32.1. The quantitative estimate of drug-likeness (QED) is 0.377. The molecule has 0 radical (unpaired) electrons. The number of carbonyl (C=O) groups is 1. The molecule has 4 rings (SSSR count). The van der Waals surface area contributed by atoms with E-state index in [2.05, 4.69) is 10.3 Å². The largest absolute Gasteiger partial charge is 0.494 e. The molecule has 0 saturated heterocycles. The molecule has 2 heterocycles. The number of hydrogen-bond donors (Lipinski definition) is 1. The Labute approximate surface area is 186 Å². The maximum absolute atomic E-state index is 13.5. The molecule has 4 aromatic rings. The second-order valence-corrected chi connectivity index (χ2v) is 8.20. The third-order valence-corrected chi connectivity index (χ3v) is 5.95. The van der Waals surface area contributed by atoms with Crippen molar-refractivity contribution in [3.8, 4) is 11.4 Å². The Morgan fingerprint density at radius 1 is 1.16 bits per heavy atom. The van der Waals surface area contributed by atoms with Crippen LogP contribution in [0, 0.1) is 13.8 Å². The first kappa shape index (κ1) is 21.9. The number of rotatable bonds is 5. The number of thiazole rings is 1. The first-order valence-electron chi connectivity index (χ1n) is 9.89. The van der Waals surface area contributed by atoms with Gasteiger partial charge in [0.15, 0.2) is 5.13 Å². The van der Waals surface area contributed by atoms with Gasteiger partial charge in [0.25, 0.3) is 5.91 Å². The number of alkyl halides is 3. The van der Waals surface area contributed by atoms with Gasteiger partial charge in [-0.1, -0.05) is 23.5 Å². The number of nitrogens with one attached hydrogen (secondary N) is 1. The number of benzene rings is 2. The SMILES string of the molecule is CCOc1ccc2nc(NC(=O)c3cc(C)n(-c4ccccc4C(F)(F)F)c3C)sc2c1. The van der Waals surface area contributed by atoms with Crippen LogP contribution in [0.3, 0.4) is 0 Å². The number of fused-ring (bicyclic) bond motifs is 1. The van der Waals surface area contributed by atoms with E-state index in [1.807, 2.05) is 25.1 Å². The van der Waals surface area contributed by atoms with Crippen LogP contribution in [0.4, 0.5) is 18.3 Å². The van der Waals surface area contributed by atoms with Crippen molar-refractivity contribution < 1.29 is 22.7 Å². The number of para-hydroxylation sites is 1. The van der Waals surface area contributed by atoms with Crippen LogP contribution >= 0.6 is 11.3 Å². The van der Waals surface area contributed by atoms with Gasteiger partial charge in [0.05, 0.1) is 33.6 Å². The van der Waals surface area contributed by atoms with Crippen LogP contribution < -0.4 is 10.1 Å². The number of aryl methyl sites for hydroxylation is 1. The molecule has 0 aliphatic heterocycles. The van der Waals surface area contributed by atoms with Crippen molar-refractivity contribution in [2.75, 3.05) is 11.9 Å². The fourth-order valence-electron chi connectivity index (χ4n) is 3.65. The van der Waals surface area contributed by atoms with Gasteiger partial charge in [-0.2, -0.15) is 13.2 Å². The third-order valence-electron chi connectivity index (χ3n) is 5.02. The Hall–Kier alpha value is -3.33. The zero-order valence-corrected chi connectivity index (χ0v) is 18.4. The molecule has 0 aliphatic carbocycles. The molecule has 0 atom stereocenters. The lowest BCUT2D eigenvalue weighted by Gasteiger charge is -2.16. The lowest BCUT2D eigenvalue weighted by atomic mass is 10.1. The van der Waals surface area contributed by atoms with Crippen molar-refractivity contribution in [3.05, 3.63) is 71.0 Å². The van der Waals surface area contributed by atoms with Gasteiger partial charge >= 0.3 is 6.18 Å². The number of aromatic nitrogens is 2. The highest BCUT2D eigenvalue weighted by Crippen LogP contribution is 2.36. The van der Waals surface area contributed by atoms with Crippen LogP contribution in [-0.2, 0) is 6.18 Å². The monoisotopic (exact) mass is 459 g/mol. The van der Waals surface area contributed by atoms with Gasteiger partial charge in [-0.05, 0) is 57.2 Å². The average molecular weight is 459 g/mol. The number of halogens is 3. The molecule has 0 aliphatic rings. The van der Waals surface area contributed by atoms with Crippen LogP contribution in [0.2, 0.25) is 0 Å². The predicted octanol–water partition coefficient (Wildman–Crippen LogP) is 6.37. The maximum atomic E-state index is 13.5. The molecule has 0 fully saturated rings. The Morgan fingerprint density at radius 2 is 1.91 bits per heavy atom. The topological polar surface area (TPSA) is 56.1 Å². The predicted molar refractivity (Wildman–Crippen MR) is 119 cm³/mol. The summed E-state index contributed by atoms with van der Waals surface area (Å²) in [6, 6.07) is 12.4. The zero-order valence-electron chi connectivity index (χ0n) is 17.6. The van der Waals surface area contributed by atoms with E-state index in [1.54, 1.807) is 26.0 Å². The van der Waals surface area contributed by atoms with E-state index in [0.29, 0.717) is 28.9 Å². The van der Waals surface area contributed by atoms with Crippen LogP contribution in [0.15, 0.2) is 48.5 Å². The maximum Gasteiger partial charge on any atom is 0.418 e. The summed E-state index contributed by atoms with van der Waals surface area (Å²) in [5, 5.41) is 3.17. The van der Waals surface area contributed by atoms with E-state index in [0.717, 1.165) is 16.3 Å². The van der Waals surface area contributed by atoms with Gasteiger partial charge in [0, 0.05) is 11.4 Å². The first-order chi connectivity index (χ1) is 15.2. The number of amides is 1. The minimum absolute atomic E-state index is 0.0162. The summed E-state index contributed by atoms with van der Waals surface area (Å²) in [6.07, 6.45) is -4.51. The summed E-state index contributed by atoms with van der Waals surface area (Å²) in [7, 11) is 0. The standard InChI is InChI=1S/C23H20F3N3O2S/c1-4-31-15-9-10-18-20(12-15)32-22(27-18)28-21(30)16-11-13(2)29(14(16)3)19-8-6-5-7-17(19)23(24,25)26/h5-12H,4H2,1-3H3,(H,27,28,30). The van der Waals surface area contributed by atoms with E-state index in [1.165, 1.54) is 28.0 Å². The third kappa shape index (κ3) is 4.08. The molecule has 0 unspecified atom stereocenters. The van der Waals surface area contributed by atoms with Gasteiger partial charge < -0.3 is 9.30 Å². The second-order valence-electron chi connectivity index (χ2n) is 7.17. The van der Waals surface area contributed by atoms with Crippen molar-refractivity contribution in [2.24, 2.45) is 0 Å².